The zero-order valence-corrected chi connectivity index (χ0v) is 12.8. The van der Waals surface area contributed by atoms with E-state index in [0.29, 0.717) is 11.3 Å². The van der Waals surface area contributed by atoms with Gasteiger partial charge in [-0.2, -0.15) is 0 Å². The maximum absolute atomic E-state index is 11.6. The molecule has 0 aliphatic rings. The van der Waals surface area contributed by atoms with Gasteiger partial charge < -0.3 is 15.8 Å². The van der Waals surface area contributed by atoms with Crippen molar-refractivity contribution in [2.45, 2.75) is 6.92 Å². The third-order valence-corrected chi connectivity index (χ3v) is 3.86. The molecular weight excluding hydrogens is 320 g/mol. The molecule has 0 amide bonds. The van der Waals surface area contributed by atoms with Gasteiger partial charge in [-0.25, -0.2) is 4.79 Å². The van der Waals surface area contributed by atoms with Gasteiger partial charge in [-0.15, -0.1) is 0 Å². The molecule has 20 heavy (non-hydrogen) atoms. The van der Waals surface area contributed by atoms with Gasteiger partial charge in [0.25, 0.3) is 0 Å². The summed E-state index contributed by atoms with van der Waals surface area (Å²) in [6.45, 7) is 2.00. The second kappa shape index (κ2) is 5.96. The summed E-state index contributed by atoms with van der Waals surface area (Å²) in [5.41, 5.74) is 9.35. The maximum atomic E-state index is 11.6. The van der Waals surface area contributed by atoms with E-state index < -0.39 is 5.97 Å². The highest BCUT2D eigenvalue weighted by molar-refractivity contribution is 9.10. The highest BCUT2D eigenvalue weighted by Gasteiger charge is 2.11. The van der Waals surface area contributed by atoms with Crippen molar-refractivity contribution in [3.8, 4) is 0 Å². The number of carbonyl (C=O) groups excluding carboxylic acids is 1. The molecule has 0 saturated carbocycles. The van der Waals surface area contributed by atoms with Gasteiger partial charge in [-0.3, -0.25) is 0 Å². The fourth-order valence-corrected chi connectivity index (χ4v) is 2.19. The van der Waals surface area contributed by atoms with E-state index in [2.05, 4.69) is 21.2 Å². The summed E-state index contributed by atoms with van der Waals surface area (Å²) in [5.74, 6) is -0.447. The average molecular weight is 335 g/mol. The molecule has 0 bridgehead atoms. The molecule has 0 aromatic heterocycles. The van der Waals surface area contributed by atoms with Crippen molar-refractivity contribution in [1.82, 2.24) is 0 Å². The number of hydrogen-bond acceptors (Lipinski definition) is 4. The molecule has 0 fully saturated rings. The van der Waals surface area contributed by atoms with Crippen molar-refractivity contribution in [3.05, 3.63) is 52.0 Å². The number of esters is 1. The topological polar surface area (TPSA) is 64.3 Å². The summed E-state index contributed by atoms with van der Waals surface area (Å²) < 4.78 is 5.73. The van der Waals surface area contributed by atoms with Crippen LogP contribution in [0, 0.1) is 6.92 Å². The highest BCUT2D eigenvalue weighted by Crippen LogP contribution is 2.28. The molecule has 0 unspecified atom stereocenters. The molecule has 0 spiro atoms. The van der Waals surface area contributed by atoms with E-state index in [-0.39, 0.29) is 0 Å². The Hall–Kier alpha value is -2.01. The number of hydrogen-bond donors (Lipinski definition) is 2. The van der Waals surface area contributed by atoms with Crippen molar-refractivity contribution in [1.29, 1.82) is 0 Å². The zero-order valence-electron chi connectivity index (χ0n) is 11.2. The zero-order chi connectivity index (χ0) is 14.7. The van der Waals surface area contributed by atoms with E-state index in [1.807, 2.05) is 31.2 Å². The Labute approximate surface area is 126 Å². The second-order valence-corrected chi connectivity index (χ2v) is 5.19. The molecule has 4 nitrogen and oxygen atoms in total. The lowest BCUT2D eigenvalue weighted by molar-refractivity contribution is 0.0602. The number of ether oxygens (including phenoxy) is 1. The summed E-state index contributed by atoms with van der Waals surface area (Å²) in [4.78, 5) is 11.6. The number of benzene rings is 2. The van der Waals surface area contributed by atoms with Gasteiger partial charge in [0.1, 0.15) is 0 Å². The van der Waals surface area contributed by atoms with Crippen molar-refractivity contribution in [3.63, 3.8) is 0 Å². The van der Waals surface area contributed by atoms with Crippen LogP contribution in [0.4, 0.5) is 17.1 Å². The van der Waals surface area contributed by atoms with E-state index in [9.17, 15) is 4.79 Å². The smallest absolute Gasteiger partial charge is 0.340 e. The summed E-state index contributed by atoms with van der Waals surface area (Å²) in [7, 11) is 1.33. The molecule has 2 aromatic rings. The molecule has 0 aliphatic heterocycles. The van der Waals surface area contributed by atoms with Gasteiger partial charge in [0.05, 0.1) is 12.7 Å². The first kappa shape index (κ1) is 14.4. The summed E-state index contributed by atoms with van der Waals surface area (Å²) >= 11 is 3.49. The van der Waals surface area contributed by atoms with E-state index in [0.717, 1.165) is 21.4 Å². The molecule has 104 valence electrons. The fourth-order valence-electron chi connectivity index (χ4n) is 1.82. The molecule has 5 heteroatoms. The number of halogens is 1. The van der Waals surface area contributed by atoms with Crippen molar-refractivity contribution >= 4 is 39.0 Å². The number of carbonyl (C=O) groups is 1. The van der Waals surface area contributed by atoms with Crippen LogP contribution in [0.1, 0.15) is 15.9 Å². The Bertz CT molecular complexity index is 656. The van der Waals surface area contributed by atoms with Gasteiger partial charge in [0.15, 0.2) is 0 Å². The second-order valence-electron chi connectivity index (χ2n) is 4.33. The highest BCUT2D eigenvalue weighted by atomic mass is 79.9. The van der Waals surface area contributed by atoms with Crippen LogP contribution in [0.25, 0.3) is 0 Å². The van der Waals surface area contributed by atoms with Crippen LogP contribution < -0.4 is 11.1 Å². The quantitative estimate of drug-likeness (QED) is 0.660. The standard InChI is InChI=1S/C15H15BrN2O2/c1-9-12(16)4-3-5-14(9)18-10-6-7-13(17)11(8-10)15(19)20-2/h3-8,18H,17H2,1-2H3. The lowest BCUT2D eigenvalue weighted by atomic mass is 10.1. The lowest BCUT2D eigenvalue weighted by Crippen LogP contribution is -2.06. The Morgan fingerprint density at radius 2 is 2.05 bits per heavy atom. The molecule has 2 rings (SSSR count). The predicted octanol–water partition coefficient (Wildman–Crippen LogP) is 3.87. The largest absolute Gasteiger partial charge is 0.465 e. The molecule has 0 saturated heterocycles. The van der Waals surface area contributed by atoms with Crippen molar-refractivity contribution < 1.29 is 9.53 Å². The predicted molar refractivity (Wildman–Crippen MR) is 84.4 cm³/mol. The minimum absolute atomic E-state index is 0.352. The van der Waals surface area contributed by atoms with Crippen LogP contribution in [-0.4, -0.2) is 13.1 Å². The van der Waals surface area contributed by atoms with Crippen LogP contribution >= 0.6 is 15.9 Å². The average Bonchev–Trinajstić information content (AvgIpc) is 2.45. The maximum Gasteiger partial charge on any atom is 0.340 e. The molecule has 0 aliphatic carbocycles. The first-order valence-corrected chi connectivity index (χ1v) is 6.82. The summed E-state index contributed by atoms with van der Waals surface area (Å²) in [6.07, 6.45) is 0. The first-order valence-electron chi connectivity index (χ1n) is 6.03. The van der Waals surface area contributed by atoms with E-state index in [1.165, 1.54) is 7.11 Å². The molecular formula is C15H15BrN2O2. The molecule has 0 atom stereocenters. The van der Waals surface area contributed by atoms with E-state index >= 15 is 0 Å². The third-order valence-electron chi connectivity index (χ3n) is 3.01. The van der Waals surface area contributed by atoms with Gasteiger partial charge in [0, 0.05) is 21.5 Å². The number of anilines is 3. The monoisotopic (exact) mass is 334 g/mol. The van der Waals surface area contributed by atoms with Gasteiger partial charge in [0.2, 0.25) is 0 Å². The normalized spacial score (nSPS) is 10.2. The number of nitrogen functional groups attached to an aromatic ring is 1. The van der Waals surface area contributed by atoms with Gasteiger partial charge >= 0.3 is 5.97 Å². The number of nitrogens with two attached hydrogens (primary N) is 1. The molecule has 3 N–H and O–H groups in total. The van der Waals surface area contributed by atoms with E-state index in [4.69, 9.17) is 10.5 Å². The van der Waals surface area contributed by atoms with Gasteiger partial charge in [-0.1, -0.05) is 22.0 Å². The number of nitrogens with one attached hydrogen (secondary N) is 1. The third kappa shape index (κ3) is 2.93. The minimum Gasteiger partial charge on any atom is -0.465 e. The van der Waals surface area contributed by atoms with Crippen LogP contribution in [0.2, 0.25) is 0 Å². The molecule has 0 radical (unpaired) electrons. The number of methoxy groups -OCH3 is 1. The van der Waals surface area contributed by atoms with Gasteiger partial charge in [-0.05, 0) is 42.8 Å². The molecule has 0 heterocycles. The van der Waals surface area contributed by atoms with Crippen molar-refractivity contribution in [2.24, 2.45) is 0 Å². The lowest BCUT2D eigenvalue weighted by Gasteiger charge is -2.12. The van der Waals surface area contributed by atoms with E-state index in [1.54, 1.807) is 12.1 Å². The first-order chi connectivity index (χ1) is 9.52. The summed E-state index contributed by atoms with van der Waals surface area (Å²) in [6, 6.07) is 11.1. The van der Waals surface area contributed by atoms with Crippen molar-refractivity contribution in [2.75, 3.05) is 18.2 Å². The summed E-state index contributed by atoms with van der Waals surface area (Å²) in [5, 5.41) is 3.27. The Morgan fingerprint density at radius 1 is 1.30 bits per heavy atom. The van der Waals surface area contributed by atoms with Crippen LogP contribution in [0.5, 0.6) is 0 Å². The Balaban J connectivity index is 2.35. The van der Waals surface area contributed by atoms with Crippen LogP contribution in [0.3, 0.4) is 0 Å². The minimum atomic E-state index is -0.447. The van der Waals surface area contributed by atoms with Crippen LogP contribution in [-0.2, 0) is 4.74 Å². The fraction of sp³-hybridized carbons (Fsp3) is 0.133. The molecule has 2 aromatic carbocycles. The SMILES string of the molecule is COC(=O)c1cc(Nc2cccc(Br)c2C)ccc1N. The number of rotatable bonds is 3. The van der Waals surface area contributed by atoms with Crippen LogP contribution in [0.15, 0.2) is 40.9 Å². The Morgan fingerprint density at radius 3 is 2.75 bits per heavy atom. The Kier molecular flexibility index (Phi) is 4.29.